The lowest BCUT2D eigenvalue weighted by molar-refractivity contribution is 0.0368. The van der Waals surface area contributed by atoms with Crippen LogP contribution in [0.5, 0.6) is 0 Å². The van der Waals surface area contributed by atoms with E-state index in [4.69, 9.17) is 21.4 Å². The van der Waals surface area contributed by atoms with Crippen LogP contribution in [0, 0.1) is 11.8 Å². The summed E-state index contributed by atoms with van der Waals surface area (Å²) in [4.78, 5) is 6.58. The number of pyridine rings is 1. The Morgan fingerprint density at radius 2 is 1.78 bits per heavy atom. The Bertz CT molecular complexity index is 1810. The normalized spacial score (nSPS) is 15.7. The molecule has 6 rings (SSSR count). The molecule has 4 aromatic rings. The van der Waals surface area contributed by atoms with E-state index in [1.54, 1.807) is 6.20 Å². The zero-order valence-electron chi connectivity index (χ0n) is 26.1. The van der Waals surface area contributed by atoms with E-state index >= 15 is 0 Å². The van der Waals surface area contributed by atoms with Crippen molar-refractivity contribution in [3.05, 3.63) is 106 Å². The summed E-state index contributed by atoms with van der Waals surface area (Å²) in [7, 11) is -3.34. The number of nitrogens with zero attached hydrogens (tertiary/aromatic N) is 5. The van der Waals surface area contributed by atoms with Crippen molar-refractivity contribution < 1.29 is 13.2 Å². The maximum Gasteiger partial charge on any atom is 0.211 e. The van der Waals surface area contributed by atoms with Crippen molar-refractivity contribution in [1.29, 1.82) is 0 Å². The molecule has 2 aromatic heterocycles. The second-order valence-electron chi connectivity index (χ2n) is 11.8. The molecule has 1 N–H and O–H groups in total. The summed E-state index contributed by atoms with van der Waals surface area (Å²) in [5, 5.41) is 9.06. The maximum absolute atomic E-state index is 12.5. The van der Waals surface area contributed by atoms with Gasteiger partial charge in [0.05, 0.1) is 30.2 Å². The van der Waals surface area contributed by atoms with Crippen LogP contribution in [0.25, 0.3) is 11.3 Å². The summed E-state index contributed by atoms with van der Waals surface area (Å²) in [5.74, 6) is 6.51. The summed E-state index contributed by atoms with van der Waals surface area (Å²) in [6.07, 6.45) is 6.50. The summed E-state index contributed by atoms with van der Waals surface area (Å²) in [5.41, 5.74) is 7.64. The third kappa shape index (κ3) is 8.23. The van der Waals surface area contributed by atoms with Crippen LogP contribution in [0.2, 0.25) is 5.02 Å². The Morgan fingerprint density at radius 3 is 2.54 bits per heavy atom. The molecule has 0 bridgehead atoms. The number of aromatic nitrogens is 3. The first kappa shape index (κ1) is 32.4. The average Bonchev–Trinajstić information content (AvgIpc) is 3.43. The van der Waals surface area contributed by atoms with E-state index in [0.29, 0.717) is 30.1 Å². The molecule has 2 aliphatic heterocycles. The van der Waals surface area contributed by atoms with Crippen LogP contribution >= 0.6 is 11.6 Å². The third-order valence-corrected chi connectivity index (χ3v) is 10.0. The zero-order valence-corrected chi connectivity index (χ0v) is 27.7. The first-order valence-corrected chi connectivity index (χ1v) is 17.9. The number of benzene rings is 2. The minimum Gasteiger partial charge on any atom is -0.379 e. The lowest BCUT2D eigenvalue weighted by Crippen LogP contribution is -2.37. The molecule has 4 heterocycles. The highest BCUT2D eigenvalue weighted by Gasteiger charge is 2.30. The third-order valence-electron chi connectivity index (χ3n) is 8.43. The largest absolute Gasteiger partial charge is 0.379 e. The molecule has 46 heavy (non-hydrogen) atoms. The number of rotatable bonds is 10. The van der Waals surface area contributed by atoms with Gasteiger partial charge < -0.3 is 10.1 Å². The Morgan fingerprint density at radius 1 is 0.978 bits per heavy atom. The van der Waals surface area contributed by atoms with Crippen LogP contribution in [-0.4, -0.2) is 78.0 Å². The van der Waals surface area contributed by atoms with Gasteiger partial charge in [0.1, 0.15) is 0 Å². The van der Waals surface area contributed by atoms with Crippen molar-refractivity contribution >= 4 is 21.6 Å². The number of halogens is 1. The Hall–Kier alpha value is -3.56. The molecule has 1 fully saturated rings. The quantitative estimate of drug-likeness (QED) is 0.254. The van der Waals surface area contributed by atoms with Crippen LogP contribution in [0.1, 0.15) is 39.9 Å². The Balaban J connectivity index is 1.19. The molecule has 0 aliphatic carbocycles. The second-order valence-corrected chi connectivity index (χ2v) is 14.1. The highest BCUT2D eigenvalue weighted by molar-refractivity contribution is 7.88. The molecule has 0 amide bonds. The smallest absolute Gasteiger partial charge is 0.211 e. The average molecular weight is 659 g/mol. The van der Waals surface area contributed by atoms with E-state index < -0.39 is 10.0 Å². The number of sulfonamides is 1. The van der Waals surface area contributed by atoms with Gasteiger partial charge in [-0.05, 0) is 47.9 Å². The standard InChI is InChI=1S/C35H39ClN6O3S/c1-46(43,44)41-17-13-34-32(26-41)35(39-42(34)16-3-15-40-18-20-45-21-19-40)31-11-12-33(36)30(22-31)10-9-27-5-7-28(8-6-27)23-38-25-29-4-2-14-37-24-29/h2,4-8,11-12,14,22,24,38H,3,13,15-21,23,25-26H2,1H3. The van der Waals surface area contributed by atoms with Gasteiger partial charge in [-0.25, -0.2) is 8.42 Å². The fourth-order valence-electron chi connectivity index (χ4n) is 5.90. The van der Waals surface area contributed by atoms with Crippen molar-refractivity contribution in [1.82, 2.24) is 29.3 Å². The lowest BCUT2D eigenvalue weighted by atomic mass is 10.0. The van der Waals surface area contributed by atoms with Crippen molar-refractivity contribution in [3.63, 3.8) is 0 Å². The molecule has 0 radical (unpaired) electrons. The molecule has 0 atom stereocenters. The molecule has 0 saturated carbocycles. The number of hydrogen-bond acceptors (Lipinski definition) is 7. The summed E-state index contributed by atoms with van der Waals surface area (Å²) < 4.78 is 34.1. The summed E-state index contributed by atoms with van der Waals surface area (Å²) in [6.45, 7) is 7.48. The number of hydrogen-bond donors (Lipinski definition) is 1. The number of aryl methyl sites for hydroxylation is 1. The van der Waals surface area contributed by atoms with Crippen LogP contribution in [0.3, 0.4) is 0 Å². The van der Waals surface area contributed by atoms with Gasteiger partial charge in [-0.1, -0.05) is 47.7 Å². The van der Waals surface area contributed by atoms with Gasteiger partial charge in [-0.2, -0.15) is 9.40 Å². The van der Waals surface area contributed by atoms with Crippen LogP contribution < -0.4 is 5.32 Å². The van der Waals surface area contributed by atoms with Gasteiger partial charge in [0, 0.05) is 99.1 Å². The minimum absolute atomic E-state index is 0.306. The molecule has 11 heteroatoms. The molecule has 2 aliphatic rings. The van der Waals surface area contributed by atoms with Gasteiger partial charge >= 0.3 is 0 Å². The fraction of sp³-hybridized carbons (Fsp3) is 0.371. The van der Waals surface area contributed by atoms with Crippen molar-refractivity contribution in [2.24, 2.45) is 0 Å². The molecular weight excluding hydrogens is 620 g/mol. The van der Waals surface area contributed by atoms with E-state index in [9.17, 15) is 8.42 Å². The zero-order chi connectivity index (χ0) is 31.9. The van der Waals surface area contributed by atoms with Gasteiger partial charge in [0.25, 0.3) is 0 Å². The molecule has 240 valence electrons. The minimum atomic E-state index is -3.34. The number of fused-ring (bicyclic) bond motifs is 1. The van der Waals surface area contributed by atoms with Crippen LogP contribution in [0.4, 0.5) is 0 Å². The summed E-state index contributed by atoms with van der Waals surface area (Å²) in [6, 6.07) is 17.9. The predicted octanol–water partition coefficient (Wildman–Crippen LogP) is 4.33. The van der Waals surface area contributed by atoms with E-state index in [1.165, 1.54) is 16.1 Å². The second kappa shape index (κ2) is 14.9. The topological polar surface area (TPSA) is 92.6 Å². The van der Waals surface area contributed by atoms with Gasteiger partial charge in [0.2, 0.25) is 10.0 Å². The van der Waals surface area contributed by atoms with Crippen LogP contribution in [-0.2, 0) is 47.4 Å². The lowest BCUT2D eigenvalue weighted by Gasteiger charge is -2.27. The first-order chi connectivity index (χ1) is 22.3. The van der Waals surface area contributed by atoms with Crippen molar-refractivity contribution in [2.75, 3.05) is 45.6 Å². The molecule has 9 nitrogen and oxygen atoms in total. The van der Waals surface area contributed by atoms with E-state index in [2.05, 4.69) is 49.9 Å². The highest BCUT2D eigenvalue weighted by atomic mass is 35.5. The predicted molar refractivity (Wildman–Crippen MR) is 181 cm³/mol. The van der Waals surface area contributed by atoms with Gasteiger partial charge in [-0.15, -0.1) is 0 Å². The number of nitrogens with one attached hydrogen (secondary N) is 1. The van der Waals surface area contributed by atoms with Crippen molar-refractivity contribution in [2.45, 2.75) is 39.0 Å². The number of ether oxygens (including phenoxy) is 1. The SMILES string of the molecule is CS(=O)(=O)N1CCc2c(c(-c3ccc(Cl)c(C#Cc4ccc(CNCc5cccnc5)cc4)c3)nn2CCCN2CCOCC2)C1. The Labute approximate surface area is 276 Å². The molecule has 2 aromatic carbocycles. The molecule has 1 saturated heterocycles. The summed E-state index contributed by atoms with van der Waals surface area (Å²) >= 11 is 6.61. The Kier molecular flexibility index (Phi) is 10.5. The molecular formula is C35H39ClN6O3S. The van der Waals surface area contributed by atoms with E-state index in [-0.39, 0.29) is 0 Å². The van der Waals surface area contributed by atoms with E-state index in [0.717, 1.165) is 92.5 Å². The molecule has 0 unspecified atom stereocenters. The van der Waals surface area contributed by atoms with Gasteiger partial charge in [0.15, 0.2) is 0 Å². The first-order valence-electron chi connectivity index (χ1n) is 15.7. The monoisotopic (exact) mass is 658 g/mol. The highest BCUT2D eigenvalue weighted by Crippen LogP contribution is 2.33. The molecule has 0 spiro atoms. The van der Waals surface area contributed by atoms with Crippen LogP contribution in [0.15, 0.2) is 67.0 Å². The maximum atomic E-state index is 12.5. The van der Waals surface area contributed by atoms with E-state index in [1.807, 2.05) is 42.6 Å². The van der Waals surface area contributed by atoms with Crippen molar-refractivity contribution in [3.8, 4) is 23.1 Å². The fourth-order valence-corrected chi connectivity index (χ4v) is 6.85. The number of morpholine rings is 1. The van der Waals surface area contributed by atoms with Gasteiger partial charge in [-0.3, -0.25) is 14.6 Å².